The Morgan fingerprint density at radius 1 is 1.00 bits per heavy atom. The number of fused-ring (bicyclic) bond motifs is 1. The monoisotopic (exact) mass is 355 g/mol. The first-order valence-corrected chi connectivity index (χ1v) is 7.14. The van der Waals surface area contributed by atoms with Crippen LogP contribution in [0.5, 0.6) is 0 Å². The lowest BCUT2D eigenvalue weighted by Gasteiger charge is -2.05. The van der Waals surface area contributed by atoms with Crippen molar-refractivity contribution in [1.82, 2.24) is 0 Å². The Morgan fingerprint density at radius 3 is 2.31 bits per heavy atom. The van der Waals surface area contributed by atoms with Crippen LogP contribution in [0.3, 0.4) is 0 Å². The number of benzene rings is 2. The fourth-order valence-corrected chi connectivity index (χ4v) is 2.31. The van der Waals surface area contributed by atoms with Gasteiger partial charge in [-0.2, -0.15) is 0 Å². The molecular weight excluding hydrogens is 346 g/mol. The summed E-state index contributed by atoms with van der Waals surface area (Å²) in [6.45, 7) is 0. The fourth-order valence-electron chi connectivity index (χ4n) is 2.31. The van der Waals surface area contributed by atoms with Gasteiger partial charge >= 0.3 is 11.3 Å². The van der Waals surface area contributed by atoms with Crippen LogP contribution in [0, 0.1) is 20.2 Å². The lowest BCUT2D eigenvalue weighted by Crippen LogP contribution is -2.17. The standard InChI is InChI=1S/C16H9N3O7/c20-15(9-4-2-1-3-5-9)17-12-7-10-6-11(18(22)23)8-13(19(24)25)14(10)26-16(12)21/h1-8H,(H,17,20). The third kappa shape index (κ3) is 3.11. The van der Waals surface area contributed by atoms with Crippen LogP contribution in [-0.2, 0) is 0 Å². The van der Waals surface area contributed by atoms with Crippen LogP contribution in [0.15, 0.2) is 57.7 Å². The highest BCUT2D eigenvalue weighted by Crippen LogP contribution is 2.31. The van der Waals surface area contributed by atoms with E-state index in [4.69, 9.17) is 4.42 Å². The van der Waals surface area contributed by atoms with Crippen LogP contribution in [0.2, 0.25) is 0 Å². The molecule has 0 saturated heterocycles. The lowest BCUT2D eigenvalue weighted by atomic mass is 10.1. The topological polar surface area (TPSA) is 146 Å². The summed E-state index contributed by atoms with van der Waals surface area (Å²) in [6, 6.07) is 10.8. The van der Waals surface area contributed by atoms with Gasteiger partial charge in [-0.25, -0.2) is 4.79 Å². The molecule has 10 nitrogen and oxygen atoms in total. The van der Waals surface area contributed by atoms with Crippen molar-refractivity contribution in [3.05, 3.63) is 84.7 Å². The van der Waals surface area contributed by atoms with E-state index < -0.39 is 38.3 Å². The number of anilines is 1. The SMILES string of the molecule is O=C(Nc1cc2cc([N+](=O)[O-])cc([N+](=O)[O-])c2oc1=O)c1ccccc1. The lowest BCUT2D eigenvalue weighted by molar-refractivity contribution is -0.393. The van der Waals surface area contributed by atoms with Gasteiger partial charge < -0.3 is 9.73 Å². The molecule has 1 heterocycles. The van der Waals surface area contributed by atoms with Crippen LogP contribution in [0.1, 0.15) is 10.4 Å². The van der Waals surface area contributed by atoms with Gasteiger partial charge in [-0.1, -0.05) is 18.2 Å². The largest absolute Gasteiger partial charge is 0.414 e. The number of hydrogen-bond acceptors (Lipinski definition) is 7. The highest BCUT2D eigenvalue weighted by Gasteiger charge is 2.23. The molecular formula is C16H9N3O7. The van der Waals surface area contributed by atoms with Gasteiger partial charge in [0.15, 0.2) is 0 Å². The molecule has 130 valence electrons. The number of nitro groups is 2. The number of nitrogens with zero attached hydrogens (tertiary/aromatic N) is 2. The molecule has 0 aliphatic rings. The first kappa shape index (κ1) is 16.8. The Labute approximate surface area is 144 Å². The van der Waals surface area contributed by atoms with Crippen LogP contribution in [0.25, 0.3) is 11.0 Å². The minimum absolute atomic E-state index is 0.0612. The van der Waals surface area contributed by atoms with Crippen molar-refractivity contribution in [3.8, 4) is 0 Å². The number of carbonyl (C=O) groups excluding carboxylic acids is 1. The van der Waals surface area contributed by atoms with Gasteiger partial charge in [0.25, 0.3) is 11.6 Å². The maximum absolute atomic E-state index is 12.1. The van der Waals surface area contributed by atoms with E-state index in [0.29, 0.717) is 6.07 Å². The van der Waals surface area contributed by atoms with Crippen LogP contribution in [-0.4, -0.2) is 15.8 Å². The summed E-state index contributed by atoms with van der Waals surface area (Å²) < 4.78 is 4.92. The number of rotatable bonds is 4. The van der Waals surface area contributed by atoms with E-state index in [2.05, 4.69) is 5.32 Å². The van der Waals surface area contributed by atoms with E-state index in [0.717, 1.165) is 12.1 Å². The van der Waals surface area contributed by atoms with Gasteiger partial charge in [-0.15, -0.1) is 0 Å². The maximum Gasteiger partial charge on any atom is 0.360 e. The minimum Gasteiger partial charge on any atom is -0.414 e. The Kier molecular flexibility index (Phi) is 4.15. The molecule has 3 rings (SSSR count). The zero-order chi connectivity index (χ0) is 18.8. The molecule has 1 amide bonds. The van der Waals surface area contributed by atoms with Gasteiger partial charge in [-0.05, 0) is 18.2 Å². The Bertz CT molecular complexity index is 1110. The maximum atomic E-state index is 12.1. The molecule has 10 heteroatoms. The van der Waals surface area contributed by atoms with Gasteiger partial charge in [0.1, 0.15) is 5.69 Å². The van der Waals surface area contributed by atoms with E-state index in [9.17, 15) is 29.8 Å². The van der Waals surface area contributed by atoms with Crippen molar-refractivity contribution in [3.63, 3.8) is 0 Å². The van der Waals surface area contributed by atoms with Gasteiger partial charge in [-0.3, -0.25) is 25.0 Å². The molecule has 0 radical (unpaired) electrons. The molecule has 2 aromatic carbocycles. The predicted octanol–water partition coefficient (Wildman–Crippen LogP) is 2.86. The molecule has 0 saturated carbocycles. The van der Waals surface area contributed by atoms with Gasteiger partial charge in [0.2, 0.25) is 5.58 Å². The van der Waals surface area contributed by atoms with Crippen molar-refractivity contribution < 1.29 is 19.1 Å². The molecule has 26 heavy (non-hydrogen) atoms. The normalized spacial score (nSPS) is 10.5. The number of hydrogen-bond donors (Lipinski definition) is 1. The summed E-state index contributed by atoms with van der Waals surface area (Å²) >= 11 is 0. The van der Waals surface area contributed by atoms with Gasteiger partial charge in [0.05, 0.1) is 15.9 Å². The number of nitrogens with one attached hydrogen (secondary N) is 1. The second kappa shape index (κ2) is 6.43. The van der Waals surface area contributed by atoms with Gasteiger partial charge in [0, 0.05) is 17.0 Å². The Hall–Kier alpha value is -4.08. The fraction of sp³-hybridized carbons (Fsp3) is 0. The van der Waals surface area contributed by atoms with Crippen molar-refractivity contribution in [2.45, 2.75) is 0 Å². The molecule has 0 fully saturated rings. The third-order valence-corrected chi connectivity index (χ3v) is 3.49. The molecule has 0 aliphatic heterocycles. The Morgan fingerprint density at radius 2 is 1.69 bits per heavy atom. The zero-order valence-corrected chi connectivity index (χ0v) is 12.9. The van der Waals surface area contributed by atoms with E-state index in [1.807, 2.05) is 0 Å². The van der Waals surface area contributed by atoms with Crippen LogP contribution >= 0.6 is 0 Å². The molecule has 3 aromatic rings. The molecule has 0 bridgehead atoms. The summed E-state index contributed by atoms with van der Waals surface area (Å²) in [7, 11) is 0. The molecule has 1 aromatic heterocycles. The highest BCUT2D eigenvalue weighted by atomic mass is 16.6. The number of non-ortho nitro benzene ring substituents is 2. The predicted molar refractivity (Wildman–Crippen MR) is 90.2 cm³/mol. The van der Waals surface area contributed by atoms with E-state index in [-0.39, 0.29) is 16.6 Å². The molecule has 0 spiro atoms. The molecule has 1 N–H and O–H groups in total. The average Bonchev–Trinajstić information content (AvgIpc) is 2.62. The Balaban J connectivity index is 2.12. The van der Waals surface area contributed by atoms with E-state index in [1.54, 1.807) is 18.2 Å². The van der Waals surface area contributed by atoms with Crippen molar-refractivity contribution in [2.75, 3.05) is 5.32 Å². The number of nitro benzene ring substituents is 2. The number of carbonyl (C=O) groups is 1. The average molecular weight is 355 g/mol. The summed E-state index contributed by atoms with van der Waals surface area (Å²) in [5, 5.41) is 24.3. The molecule has 0 aliphatic carbocycles. The first-order valence-electron chi connectivity index (χ1n) is 7.14. The molecule has 0 unspecified atom stereocenters. The summed E-state index contributed by atoms with van der Waals surface area (Å²) in [6.07, 6.45) is 0. The third-order valence-electron chi connectivity index (χ3n) is 3.49. The van der Waals surface area contributed by atoms with E-state index in [1.165, 1.54) is 12.1 Å². The second-order valence-corrected chi connectivity index (χ2v) is 5.17. The highest BCUT2D eigenvalue weighted by molar-refractivity contribution is 6.05. The van der Waals surface area contributed by atoms with Crippen LogP contribution in [0.4, 0.5) is 17.1 Å². The van der Waals surface area contributed by atoms with Crippen molar-refractivity contribution in [1.29, 1.82) is 0 Å². The number of amides is 1. The van der Waals surface area contributed by atoms with Crippen LogP contribution < -0.4 is 10.9 Å². The summed E-state index contributed by atoms with van der Waals surface area (Å²) in [5.74, 6) is -0.600. The first-order chi connectivity index (χ1) is 12.4. The smallest absolute Gasteiger partial charge is 0.360 e. The summed E-state index contributed by atoms with van der Waals surface area (Å²) in [5.41, 5.74) is -2.70. The zero-order valence-electron chi connectivity index (χ0n) is 12.9. The quantitative estimate of drug-likeness (QED) is 0.430. The molecule has 0 atom stereocenters. The summed E-state index contributed by atoms with van der Waals surface area (Å²) in [4.78, 5) is 44.6. The second-order valence-electron chi connectivity index (χ2n) is 5.17. The minimum atomic E-state index is -1.02. The van der Waals surface area contributed by atoms with Crippen molar-refractivity contribution >= 4 is 33.9 Å². The van der Waals surface area contributed by atoms with Crippen molar-refractivity contribution in [2.24, 2.45) is 0 Å². The van der Waals surface area contributed by atoms with E-state index >= 15 is 0 Å².